The van der Waals surface area contributed by atoms with Gasteiger partial charge < -0.3 is 0 Å². The van der Waals surface area contributed by atoms with Crippen LogP contribution in [0.3, 0.4) is 0 Å². The fraction of sp³-hybridized carbons (Fsp3) is 1.00. The second-order valence-corrected chi connectivity index (χ2v) is 10.3. The Labute approximate surface area is 138 Å². The quantitative estimate of drug-likeness (QED) is 0.541. The van der Waals surface area contributed by atoms with Gasteiger partial charge in [0.15, 0.2) is 0 Å². The molecule has 0 aromatic rings. The molecule has 0 amide bonds. The SMILES string of the molecule is CC[N](CC)[V]([N](CC)CC)([N](CC)CC)[N](CC)CC. The molecule has 0 fully saturated rings. The number of nitrogens with zero attached hydrogens (tertiary/aromatic N) is 4. The van der Waals surface area contributed by atoms with E-state index in [1.807, 2.05) is 0 Å². The molecule has 0 saturated carbocycles. The minimum atomic E-state index is -2.43. The Morgan fingerprint density at radius 1 is 0.381 bits per heavy atom. The minimum absolute atomic E-state index is 1.15. The Morgan fingerprint density at radius 2 is 0.524 bits per heavy atom. The van der Waals surface area contributed by atoms with Crippen molar-refractivity contribution in [3.8, 4) is 0 Å². The summed E-state index contributed by atoms with van der Waals surface area (Å²) in [6.45, 7) is 27.8. The fourth-order valence-corrected chi connectivity index (χ4v) is 11.6. The summed E-state index contributed by atoms with van der Waals surface area (Å²) in [6, 6.07) is 0. The van der Waals surface area contributed by atoms with E-state index in [0.29, 0.717) is 0 Å². The molecule has 0 rings (SSSR count). The van der Waals surface area contributed by atoms with Gasteiger partial charge in [-0.25, -0.2) is 0 Å². The summed E-state index contributed by atoms with van der Waals surface area (Å²) < 4.78 is 11.2. The van der Waals surface area contributed by atoms with E-state index < -0.39 is 15.0 Å². The third-order valence-electron chi connectivity index (χ3n) is 4.44. The van der Waals surface area contributed by atoms with Crippen molar-refractivity contribution in [1.82, 2.24) is 15.0 Å². The first-order chi connectivity index (χ1) is 10.1. The van der Waals surface area contributed by atoms with Gasteiger partial charge in [0.1, 0.15) is 0 Å². The Kier molecular flexibility index (Phi) is 11.3. The van der Waals surface area contributed by atoms with E-state index in [4.69, 9.17) is 0 Å². The summed E-state index contributed by atoms with van der Waals surface area (Å²) in [4.78, 5) is 0. The first kappa shape index (κ1) is 21.4. The summed E-state index contributed by atoms with van der Waals surface area (Å²) in [5.74, 6) is 0. The number of hydrogen-bond acceptors (Lipinski definition) is 4. The molecule has 0 atom stereocenters. The molecule has 0 unspecified atom stereocenters. The van der Waals surface area contributed by atoms with Crippen molar-refractivity contribution in [1.29, 1.82) is 0 Å². The van der Waals surface area contributed by atoms with Gasteiger partial charge in [0.2, 0.25) is 0 Å². The normalized spacial score (nSPS) is 13.1. The van der Waals surface area contributed by atoms with Crippen LogP contribution in [0.2, 0.25) is 0 Å². The second-order valence-electron chi connectivity index (χ2n) is 5.09. The number of rotatable bonds is 12. The maximum atomic E-state index is 2.80. The molecule has 0 heterocycles. The van der Waals surface area contributed by atoms with Crippen LogP contribution < -0.4 is 0 Å². The maximum absolute atomic E-state index is 2.80. The molecule has 5 heteroatoms. The predicted octanol–water partition coefficient (Wildman–Crippen LogP) is 3.17. The molecule has 0 aromatic heterocycles. The van der Waals surface area contributed by atoms with Crippen LogP contribution >= 0.6 is 0 Å². The van der Waals surface area contributed by atoms with Crippen LogP contribution in [0.5, 0.6) is 0 Å². The fourth-order valence-electron chi connectivity index (χ4n) is 3.49. The van der Waals surface area contributed by atoms with Gasteiger partial charge in [0.25, 0.3) is 0 Å². The van der Waals surface area contributed by atoms with E-state index in [9.17, 15) is 0 Å². The summed E-state index contributed by atoms with van der Waals surface area (Å²) in [6.07, 6.45) is 0. The van der Waals surface area contributed by atoms with Crippen molar-refractivity contribution >= 4 is 0 Å². The van der Waals surface area contributed by atoms with Crippen molar-refractivity contribution < 1.29 is 15.0 Å². The molecular weight excluding hydrogens is 299 g/mol. The van der Waals surface area contributed by atoms with Gasteiger partial charge in [-0.3, -0.25) is 0 Å². The summed E-state index contributed by atoms with van der Waals surface area (Å²) >= 11 is -2.43. The zero-order chi connectivity index (χ0) is 16.5. The van der Waals surface area contributed by atoms with Crippen molar-refractivity contribution in [2.45, 2.75) is 55.4 Å². The first-order valence-corrected chi connectivity index (χ1v) is 11.5. The van der Waals surface area contributed by atoms with Crippen LogP contribution in [0.25, 0.3) is 0 Å². The van der Waals surface area contributed by atoms with Crippen molar-refractivity contribution in [3.05, 3.63) is 0 Å². The third-order valence-corrected chi connectivity index (χ3v) is 12.7. The second kappa shape index (κ2) is 11.0. The van der Waals surface area contributed by atoms with Crippen LogP contribution in [-0.4, -0.2) is 67.4 Å². The molecule has 0 aromatic carbocycles. The molecule has 0 aliphatic carbocycles. The Balaban J connectivity index is 6.15. The Hall–Kier alpha value is 0.424. The van der Waals surface area contributed by atoms with Crippen molar-refractivity contribution in [2.75, 3.05) is 52.4 Å². The van der Waals surface area contributed by atoms with Gasteiger partial charge in [0.05, 0.1) is 0 Å². The van der Waals surface area contributed by atoms with E-state index in [1.165, 1.54) is 0 Å². The van der Waals surface area contributed by atoms with E-state index in [1.54, 1.807) is 0 Å². The van der Waals surface area contributed by atoms with Crippen LogP contribution in [0, 0.1) is 0 Å². The van der Waals surface area contributed by atoms with Gasteiger partial charge in [-0.1, -0.05) is 0 Å². The molecule has 0 saturated heterocycles. The molecule has 0 aliphatic heterocycles. The zero-order valence-corrected chi connectivity index (χ0v) is 17.3. The molecule has 0 bridgehead atoms. The average Bonchev–Trinajstić information content (AvgIpc) is 2.51. The molecule has 0 spiro atoms. The van der Waals surface area contributed by atoms with Crippen LogP contribution in [0.15, 0.2) is 0 Å². The van der Waals surface area contributed by atoms with E-state index >= 15 is 0 Å². The van der Waals surface area contributed by atoms with Crippen molar-refractivity contribution in [2.24, 2.45) is 0 Å². The molecule has 0 radical (unpaired) electrons. The summed E-state index contributed by atoms with van der Waals surface area (Å²) in [5, 5.41) is 0. The standard InChI is InChI=1S/4C4H10N.V/c4*1-3-5-4-2;/h4*3-4H2,1-2H3;/q4*-1;+4. The molecule has 0 N–H and O–H groups in total. The zero-order valence-electron chi connectivity index (χ0n) is 15.9. The molecule has 21 heavy (non-hydrogen) atoms. The summed E-state index contributed by atoms with van der Waals surface area (Å²) in [7, 11) is 0. The third kappa shape index (κ3) is 4.24. The van der Waals surface area contributed by atoms with Crippen molar-refractivity contribution in [3.63, 3.8) is 0 Å². The van der Waals surface area contributed by atoms with Gasteiger partial charge in [0, 0.05) is 0 Å². The topological polar surface area (TPSA) is 13.0 Å². The van der Waals surface area contributed by atoms with Crippen LogP contribution in [-0.2, 0) is 15.0 Å². The molecule has 0 aliphatic rings. The molecule has 129 valence electrons. The monoisotopic (exact) mass is 339 g/mol. The Morgan fingerprint density at radius 3 is 0.619 bits per heavy atom. The van der Waals surface area contributed by atoms with E-state index in [0.717, 1.165) is 52.4 Å². The van der Waals surface area contributed by atoms with E-state index in [-0.39, 0.29) is 0 Å². The number of hydrogen-bond donors (Lipinski definition) is 0. The summed E-state index contributed by atoms with van der Waals surface area (Å²) in [5.41, 5.74) is 0. The van der Waals surface area contributed by atoms with Gasteiger partial charge in [-0.05, 0) is 0 Å². The predicted molar refractivity (Wildman–Crippen MR) is 91.7 cm³/mol. The van der Waals surface area contributed by atoms with E-state index in [2.05, 4.69) is 70.4 Å². The molecular formula is C16H40N4V. The Bertz CT molecular complexity index is 193. The average molecular weight is 339 g/mol. The van der Waals surface area contributed by atoms with Gasteiger partial charge in [-0.2, -0.15) is 0 Å². The molecule has 4 nitrogen and oxygen atoms in total. The van der Waals surface area contributed by atoms with Crippen LogP contribution in [0.1, 0.15) is 55.4 Å². The van der Waals surface area contributed by atoms with Gasteiger partial charge >= 0.3 is 138 Å². The van der Waals surface area contributed by atoms with Crippen LogP contribution in [0.4, 0.5) is 0 Å². The first-order valence-electron chi connectivity index (χ1n) is 8.99. The van der Waals surface area contributed by atoms with Gasteiger partial charge in [-0.15, -0.1) is 0 Å².